The number of carbonyl (C=O) groups excluding carboxylic acids is 1. The van der Waals surface area contributed by atoms with Crippen LogP contribution in [0.15, 0.2) is 88.7 Å². The van der Waals surface area contributed by atoms with Crippen LogP contribution in [0.4, 0.5) is 0 Å². The van der Waals surface area contributed by atoms with E-state index >= 15 is 0 Å². The van der Waals surface area contributed by atoms with Crippen LogP contribution in [-0.4, -0.2) is 28.9 Å². The molecule has 2 heterocycles. The van der Waals surface area contributed by atoms with Crippen molar-refractivity contribution in [1.29, 1.82) is 0 Å². The van der Waals surface area contributed by atoms with E-state index in [1.54, 1.807) is 11.8 Å². The number of aromatic nitrogens is 1. The second-order valence-corrected chi connectivity index (χ2v) is 9.88. The molecule has 5 heteroatoms. The van der Waals surface area contributed by atoms with Gasteiger partial charge in [-0.15, -0.1) is 0 Å². The first kappa shape index (κ1) is 21.2. The second kappa shape index (κ2) is 9.43. The molecule has 32 heavy (non-hydrogen) atoms. The summed E-state index contributed by atoms with van der Waals surface area (Å²) in [7, 11) is 0. The van der Waals surface area contributed by atoms with E-state index < -0.39 is 0 Å². The van der Waals surface area contributed by atoms with E-state index in [2.05, 4.69) is 41.4 Å². The maximum atomic E-state index is 13.6. The van der Waals surface area contributed by atoms with Gasteiger partial charge in [0.25, 0.3) is 5.91 Å². The Morgan fingerprint density at radius 3 is 2.38 bits per heavy atom. The van der Waals surface area contributed by atoms with Crippen LogP contribution in [0.25, 0.3) is 10.9 Å². The lowest BCUT2D eigenvalue weighted by Crippen LogP contribution is -2.39. The fourth-order valence-electron chi connectivity index (χ4n) is 4.44. The van der Waals surface area contributed by atoms with Crippen molar-refractivity contribution in [2.24, 2.45) is 5.92 Å². The molecule has 0 radical (unpaired) electrons. The molecule has 0 spiro atoms. The van der Waals surface area contributed by atoms with Crippen molar-refractivity contribution in [2.45, 2.75) is 29.1 Å². The van der Waals surface area contributed by atoms with Crippen LogP contribution in [-0.2, 0) is 6.42 Å². The molecular formula is C27H25ClN2OS. The lowest BCUT2D eigenvalue weighted by molar-refractivity contribution is 0.0682. The number of rotatable bonds is 5. The molecule has 5 rings (SSSR count). The Morgan fingerprint density at radius 2 is 1.62 bits per heavy atom. The number of halogens is 1. The molecular weight excluding hydrogens is 436 g/mol. The molecule has 162 valence electrons. The lowest BCUT2D eigenvalue weighted by Gasteiger charge is -2.32. The molecule has 1 fully saturated rings. The maximum Gasteiger partial charge on any atom is 0.271 e. The van der Waals surface area contributed by atoms with Gasteiger partial charge in [-0.05, 0) is 61.1 Å². The van der Waals surface area contributed by atoms with E-state index in [-0.39, 0.29) is 5.91 Å². The second-order valence-electron chi connectivity index (χ2n) is 8.36. The number of para-hydroxylation sites is 1. The zero-order chi connectivity index (χ0) is 21.9. The fraction of sp³-hybridized carbons (Fsp3) is 0.222. The number of amides is 1. The molecule has 0 aliphatic carbocycles. The van der Waals surface area contributed by atoms with Gasteiger partial charge in [-0.1, -0.05) is 71.9 Å². The van der Waals surface area contributed by atoms with Crippen molar-refractivity contribution < 1.29 is 4.79 Å². The highest BCUT2D eigenvalue weighted by atomic mass is 35.5. The molecule has 4 aromatic rings. The standard InChI is InChI=1S/C27H25ClN2OS/c28-21-10-12-22(13-11-21)32-26-23-8-4-5-9-24(23)29-25(26)27(31)30-16-14-20(15-17-30)18-19-6-2-1-3-7-19/h1-13,20,29H,14-18H2. The van der Waals surface area contributed by atoms with E-state index in [0.29, 0.717) is 16.6 Å². The summed E-state index contributed by atoms with van der Waals surface area (Å²) in [5.41, 5.74) is 3.06. The molecule has 1 saturated heterocycles. The Morgan fingerprint density at radius 1 is 0.938 bits per heavy atom. The van der Waals surface area contributed by atoms with Gasteiger partial charge in [0.2, 0.25) is 0 Å². The number of H-pyrrole nitrogens is 1. The third-order valence-electron chi connectivity index (χ3n) is 6.17. The molecule has 0 bridgehead atoms. The molecule has 0 unspecified atom stereocenters. The van der Waals surface area contributed by atoms with Gasteiger partial charge >= 0.3 is 0 Å². The number of carbonyl (C=O) groups is 1. The molecule has 1 amide bonds. The lowest BCUT2D eigenvalue weighted by atomic mass is 9.90. The topological polar surface area (TPSA) is 36.1 Å². The average Bonchev–Trinajstić information content (AvgIpc) is 3.19. The van der Waals surface area contributed by atoms with Gasteiger partial charge in [-0.25, -0.2) is 0 Å². The first-order valence-corrected chi connectivity index (χ1v) is 12.2. The van der Waals surface area contributed by atoms with E-state index in [1.807, 2.05) is 47.4 Å². The van der Waals surface area contributed by atoms with Crippen LogP contribution in [0.2, 0.25) is 5.02 Å². The van der Waals surface area contributed by atoms with Gasteiger partial charge in [0, 0.05) is 33.9 Å². The Kier molecular flexibility index (Phi) is 6.24. The third-order valence-corrected chi connectivity index (χ3v) is 7.56. The number of benzene rings is 3. The maximum absolute atomic E-state index is 13.6. The molecule has 1 aliphatic rings. The van der Waals surface area contributed by atoms with Gasteiger partial charge in [0.05, 0.1) is 4.90 Å². The fourth-order valence-corrected chi connectivity index (χ4v) is 5.60. The minimum absolute atomic E-state index is 0.0934. The van der Waals surface area contributed by atoms with Crippen LogP contribution < -0.4 is 0 Å². The Balaban J connectivity index is 1.35. The van der Waals surface area contributed by atoms with Crippen molar-refractivity contribution in [3.63, 3.8) is 0 Å². The minimum atomic E-state index is 0.0934. The van der Waals surface area contributed by atoms with Crippen LogP contribution >= 0.6 is 23.4 Å². The summed E-state index contributed by atoms with van der Waals surface area (Å²) in [6.45, 7) is 1.60. The SMILES string of the molecule is O=C(c1[nH]c2ccccc2c1Sc1ccc(Cl)cc1)N1CCC(Cc2ccccc2)CC1. The van der Waals surface area contributed by atoms with Crippen molar-refractivity contribution in [2.75, 3.05) is 13.1 Å². The Bertz CT molecular complexity index is 1210. The summed E-state index contributed by atoms with van der Waals surface area (Å²) in [4.78, 5) is 21.0. The minimum Gasteiger partial charge on any atom is -0.350 e. The highest BCUT2D eigenvalue weighted by Gasteiger charge is 2.27. The van der Waals surface area contributed by atoms with E-state index in [1.165, 1.54) is 5.56 Å². The van der Waals surface area contributed by atoms with Crippen LogP contribution in [0, 0.1) is 5.92 Å². The van der Waals surface area contributed by atoms with Gasteiger partial charge in [-0.2, -0.15) is 0 Å². The van der Waals surface area contributed by atoms with E-state index in [4.69, 9.17) is 11.6 Å². The quantitative estimate of drug-likeness (QED) is 0.345. The molecule has 0 atom stereocenters. The van der Waals surface area contributed by atoms with Crippen LogP contribution in [0.3, 0.4) is 0 Å². The number of fused-ring (bicyclic) bond motifs is 1. The van der Waals surface area contributed by atoms with Crippen molar-refractivity contribution in [3.8, 4) is 0 Å². The number of nitrogens with one attached hydrogen (secondary N) is 1. The Labute approximate surface area is 197 Å². The molecule has 1 aliphatic heterocycles. The largest absolute Gasteiger partial charge is 0.350 e. The summed E-state index contributed by atoms with van der Waals surface area (Å²) in [5, 5.41) is 1.79. The van der Waals surface area contributed by atoms with Gasteiger partial charge in [0.1, 0.15) is 5.69 Å². The normalized spacial score (nSPS) is 14.7. The number of aromatic amines is 1. The van der Waals surface area contributed by atoms with Crippen molar-refractivity contribution >= 4 is 40.2 Å². The zero-order valence-corrected chi connectivity index (χ0v) is 19.3. The highest BCUT2D eigenvalue weighted by molar-refractivity contribution is 7.99. The average molecular weight is 461 g/mol. The molecule has 1 aromatic heterocycles. The number of nitrogens with zero attached hydrogens (tertiary/aromatic N) is 1. The smallest absolute Gasteiger partial charge is 0.271 e. The summed E-state index contributed by atoms with van der Waals surface area (Å²) < 4.78 is 0. The number of hydrogen-bond acceptors (Lipinski definition) is 2. The third kappa shape index (κ3) is 4.57. The molecule has 0 saturated carbocycles. The first-order chi connectivity index (χ1) is 15.7. The number of likely N-dealkylation sites (tertiary alicyclic amines) is 1. The molecule has 3 nitrogen and oxygen atoms in total. The van der Waals surface area contributed by atoms with Gasteiger partial charge < -0.3 is 9.88 Å². The van der Waals surface area contributed by atoms with Gasteiger partial charge in [-0.3, -0.25) is 4.79 Å². The number of piperidine rings is 1. The monoisotopic (exact) mass is 460 g/mol. The predicted molar refractivity (Wildman–Crippen MR) is 133 cm³/mol. The zero-order valence-electron chi connectivity index (χ0n) is 17.8. The predicted octanol–water partition coefficient (Wildman–Crippen LogP) is 7.07. The summed E-state index contributed by atoms with van der Waals surface area (Å²) in [6.07, 6.45) is 3.17. The Hall–Kier alpha value is -2.69. The summed E-state index contributed by atoms with van der Waals surface area (Å²) in [6, 6.07) is 26.6. The van der Waals surface area contributed by atoms with E-state index in [0.717, 1.165) is 53.0 Å². The first-order valence-electron chi connectivity index (χ1n) is 11.0. The van der Waals surface area contributed by atoms with Crippen molar-refractivity contribution in [3.05, 3.63) is 95.1 Å². The van der Waals surface area contributed by atoms with E-state index in [9.17, 15) is 4.79 Å². The van der Waals surface area contributed by atoms with Crippen LogP contribution in [0.5, 0.6) is 0 Å². The number of hydrogen-bond donors (Lipinski definition) is 1. The van der Waals surface area contributed by atoms with Gasteiger partial charge in [0.15, 0.2) is 0 Å². The van der Waals surface area contributed by atoms with Crippen LogP contribution in [0.1, 0.15) is 28.9 Å². The highest BCUT2D eigenvalue weighted by Crippen LogP contribution is 2.38. The summed E-state index contributed by atoms with van der Waals surface area (Å²) >= 11 is 7.67. The molecule has 3 aromatic carbocycles. The van der Waals surface area contributed by atoms with Crippen molar-refractivity contribution in [1.82, 2.24) is 9.88 Å². The molecule has 1 N–H and O–H groups in total. The summed E-state index contributed by atoms with van der Waals surface area (Å²) in [5.74, 6) is 0.725.